The lowest BCUT2D eigenvalue weighted by Gasteiger charge is -2.53. The van der Waals surface area contributed by atoms with Crippen LogP contribution in [0, 0.1) is 5.41 Å². The van der Waals surface area contributed by atoms with E-state index in [0.717, 1.165) is 98.3 Å². The summed E-state index contributed by atoms with van der Waals surface area (Å²) in [7, 11) is 1.66. The van der Waals surface area contributed by atoms with Gasteiger partial charge in [0.25, 0.3) is 0 Å². The number of likely N-dealkylation sites (tertiary alicyclic amines) is 2. The van der Waals surface area contributed by atoms with Crippen molar-refractivity contribution in [1.29, 1.82) is 0 Å². The van der Waals surface area contributed by atoms with Gasteiger partial charge in [-0.1, -0.05) is 19.6 Å². The zero-order valence-corrected chi connectivity index (χ0v) is 26.1. The average Bonchev–Trinajstić information content (AvgIpc) is 2.90. The first-order valence-electron chi connectivity index (χ1n) is 14.4. The van der Waals surface area contributed by atoms with Crippen molar-refractivity contribution >= 4 is 44.8 Å². The van der Waals surface area contributed by atoms with Crippen molar-refractivity contribution < 1.29 is 19.0 Å². The van der Waals surface area contributed by atoms with Gasteiger partial charge in [0.05, 0.1) is 11.6 Å². The molecule has 2 aromatic rings. The van der Waals surface area contributed by atoms with Crippen molar-refractivity contribution in [3.63, 3.8) is 0 Å². The van der Waals surface area contributed by atoms with Crippen LogP contribution in [0.25, 0.3) is 17.0 Å². The Morgan fingerprint density at radius 2 is 1.85 bits per heavy atom. The SMILES string of the molecule is C=Cc1cc2c(N3CCC4(CC3)CN(C(=O)OC(C)(C)C)C4)nc(OC3CCN(CC)CC3)nc2c(OC)c1Br. The zero-order valence-electron chi connectivity index (χ0n) is 24.5. The van der Waals surface area contributed by atoms with Crippen LogP contribution in [-0.2, 0) is 4.74 Å². The third-order valence-corrected chi connectivity index (χ3v) is 9.20. The predicted octanol–water partition coefficient (Wildman–Crippen LogP) is 5.74. The van der Waals surface area contributed by atoms with E-state index in [-0.39, 0.29) is 17.6 Å². The second kappa shape index (κ2) is 11.4. The van der Waals surface area contributed by atoms with E-state index in [9.17, 15) is 4.79 Å². The molecule has 218 valence electrons. The molecule has 3 saturated heterocycles. The summed E-state index contributed by atoms with van der Waals surface area (Å²) in [5.41, 5.74) is 1.31. The van der Waals surface area contributed by atoms with Gasteiger partial charge in [0.2, 0.25) is 0 Å². The molecule has 9 nitrogen and oxygen atoms in total. The molecule has 1 aromatic heterocycles. The molecule has 0 bridgehead atoms. The first-order chi connectivity index (χ1) is 19.0. The predicted molar refractivity (Wildman–Crippen MR) is 161 cm³/mol. The molecule has 0 unspecified atom stereocenters. The highest BCUT2D eigenvalue weighted by Gasteiger charge is 2.48. The molecule has 40 heavy (non-hydrogen) atoms. The van der Waals surface area contributed by atoms with Crippen molar-refractivity contribution in [2.24, 2.45) is 5.41 Å². The Labute approximate surface area is 246 Å². The highest BCUT2D eigenvalue weighted by Crippen LogP contribution is 2.45. The van der Waals surface area contributed by atoms with E-state index in [1.54, 1.807) is 7.11 Å². The number of nitrogens with zero attached hydrogens (tertiary/aromatic N) is 5. The number of piperidine rings is 2. The van der Waals surface area contributed by atoms with Crippen LogP contribution in [0.3, 0.4) is 0 Å². The number of benzene rings is 1. The van der Waals surface area contributed by atoms with Crippen LogP contribution in [0.5, 0.6) is 11.8 Å². The Kier molecular flexibility index (Phi) is 8.21. The lowest BCUT2D eigenvalue weighted by Crippen LogP contribution is -2.62. The normalized spacial score (nSPS) is 19.9. The van der Waals surface area contributed by atoms with Gasteiger partial charge in [-0.15, -0.1) is 0 Å². The van der Waals surface area contributed by atoms with Crippen molar-refractivity contribution in [1.82, 2.24) is 19.8 Å². The van der Waals surface area contributed by atoms with E-state index < -0.39 is 5.60 Å². The van der Waals surface area contributed by atoms with Crippen molar-refractivity contribution in [2.45, 2.75) is 65.1 Å². The fourth-order valence-corrected chi connectivity index (χ4v) is 6.67. The van der Waals surface area contributed by atoms with Crippen LogP contribution in [0.2, 0.25) is 0 Å². The van der Waals surface area contributed by atoms with Gasteiger partial charge in [0, 0.05) is 50.1 Å². The summed E-state index contributed by atoms with van der Waals surface area (Å²) in [6, 6.07) is 2.47. The largest absolute Gasteiger partial charge is 0.493 e. The molecule has 5 rings (SSSR count). The van der Waals surface area contributed by atoms with E-state index in [0.29, 0.717) is 11.8 Å². The molecule has 3 aliphatic heterocycles. The second-order valence-electron chi connectivity index (χ2n) is 12.3. The van der Waals surface area contributed by atoms with Crippen LogP contribution in [-0.4, -0.2) is 90.5 Å². The molecule has 0 saturated carbocycles. The maximum Gasteiger partial charge on any atom is 0.410 e. The molecule has 10 heteroatoms. The molecule has 1 aromatic carbocycles. The van der Waals surface area contributed by atoms with Gasteiger partial charge in [0.1, 0.15) is 23.0 Å². The highest BCUT2D eigenvalue weighted by atomic mass is 79.9. The van der Waals surface area contributed by atoms with Gasteiger partial charge in [-0.2, -0.15) is 9.97 Å². The molecule has 0 aliphatic carbocycles. The third kappa shape index (κ3) is 5.88. The first-order valence-corrected chi connectivity index (χ1v) is 15.2. The lowest BCUT2D eigenvalue weighted by atomic mass is 9.72. The minimum absolute atomic E-state index is 0.0911. The molecule has 3 fully saturated rings. The number of anilines is 1. The number of amides is 1. The van der Waals surface area contributed by atoms with Gasteiger partial charge < -0.3 is 28.9 Å². The maximum absolute atomic E-state index is 12.5. The van der Waals surface area contributed by atoms with Gasteiger partial charge in [0.15, 0.2) is 5.75 Å². The molecule has 1 spiro atoms. The van der Waals surface area contributed by atoms with Gasteiger partial charge in [-0.3, -0.25) is 0 Å². The van der Waals surface area contributed by atoms with Crippen LogP contribution < -0.4 is 14.4 Å². The van der Waals surface area contributed by atoms with Crippen LogP contribution in [0.15, 0.2) is 17.1 Å². The number of methoxy groups -OCH3 is 1. The number of ether oxygens (including phenoxy) is 3. The summed E-state index contributed by atoms with van der Waals surface area (Å²) < 4.78 is 18.6. The van der Waals surface area contributed by atoms with E-state index in [2.05, 4.69) is 45.3 Å². The number of carbonyl (C=O) groups is 1. The quantitative estimate of drug-likeness (QED) is 0.407. The lowest BCUT2D eigenvalue weighted by molar-refractivity contribution is -0.0434. The summed E-state index contributed by atoms with van der Waals surface area (Å²) in [6.07, 6.45) is 5.56. The van der Waals surface area contributed by atoms with Gasteiger partial charge >= 0.3 is 12.1 Å². The number of rotatable bonds is 6. The van der Waals surface area contributed by atoms with Gasteiger partial charge in [-0.25, -0.2) is 4.79 Å². The molecule has 3 aliphatic rings. The molecule has 0 N–H and O–H groups in total. The minimum atomic E-state index is -0.482. The monoisotopic (exact) mass is 615 g/mol. The van der Waals surface area contributed by atoms with Crippen molar-refractivity contribution in [2.75, 3.05) is 57.8 Å². The van der Waals surface area contributed by atoms with E-state index >= 15 is 0 Å². The van der Waals surface area contributed by atoms with Crippen molar-refractivity contribution in [3.8, 4) is 11.8 Å². The third-order valence-electron chi connectivity index (χ3n) is 8.38. The number of fused-ring (bicyclic) bond motifs is 1. The number of hydrogen-bond donors (Lipinski definition) is 0. The molecule has 0 atom stereocenters. The fourth-order valence-electron chi connectivity index (χ4n) is 6.05. The van der Waals surface area contributed by atoms with Crippen LogP contribution in [0.1, 0.15) is 58.9 Å². The van der Waals surface area contributed by atoms with E-state index in [1.165, 1.54) is 0 Å². The summed E-state index contributed by atoms with van der Waals surface area (Å²) in [4.78, 5) is 29.0. The first kappa shape index (κ1) is 28.9. The van der Waals surface area contributed by atoms with Crippen LogP contribution >= 0.6 is 15.9 Å². The molecular formula is C30H42BrN5O4. The molecule has 1 amide bonds. The molecule has 0 radical (unpaired) electrons. The van der Waals surface area contributed by atoms with E-state index in [1.807, 2.05) is 31.7 Å². The smallest absolute Gasteiger partial charge is 0.410 e. The topological polar surface area (TPSA) is 80.3 Å². The number of carbonyl (C=O) groups excluding carboxylic acids is 1. The summed E-state index contributed by atoms with van der Waals surface area (Å²) in [5.74, 6) is 1.51. The van der Waals surface area contributed by atoms with E-state index in [4.69, 9.17) is 24.2 Å². The zero-order chi connectivity index (χ0) is 28.7. The summed E-state index contributed by atoms with van der Waals surface area (Å²) >= 11 is 3.69. The number of halogens is 1. The van der Waals surface area contributed by atoms with Crippen molar-refractivity contribution in [3.05, 3.63) is 22.7 Å². The Hall–Kier alpha value is -2.59. The Morgan fingerprint density at radius 3 is 2.42 bits per heavy atom. The molecular weight excluding hydrogens is 574 g/mol. The number of aromatic nitrogens is 2. The summed E-state index contributed by atoms with van der Waals surface area (Å²) in [6.45, 7) is 18.2. The molecule has 4 heterocycles. The maximum atomic E-state index is 12.5. The Balaban J connectivity index is 1.39. The average molecular weight is 617 g/mol. The standard InChI is InChI=1S/C30H42BrN5O4/c1-7-20-17-22-24(25(38-6)23(20)31)32-27(39-21-9-13-34(8-2)14-10-21)33-26(22)35-15-11-30(12-16-35)18-36(19-30)28(37)40-29(3,4)5/h7,17,21H,1,8-16,18-19H2,2-6H3. The van der Waals surface area contributed by atoms with Crippen LogP contribution in [0.4, 0.5) is 10.6 Å². The minimum Gasteiger partial charge on any atom is -0.493 e. The Morgan fingerprint density at radius 1 is 1.18 bits per heavy atom. The number of hydrogen-bond acceptors (Lipinski definition) is 8. The summed E-state index contributed by atoms with van der Waals surface area (Å²) in [5, 5.41) is 0.919. The highest BCUT2D eigenvalue weighted by molar-refractivity contribution is 9.10. The second-order valence-corrected chi connectivity index (χ2v) is 13.1. The Bertz CT molecular complexity index is 1260. The van der Waals surface area contributed by atoms with Gasteiger partial charge in [-0.05, 0) is 80.6 Å². The fraction of sp³-hybridized carbons (Fsp3) is 0.633.